The molecular weight excluding hydrogens is 307 g/mol. The molecule has 0 fully saturated rings. The van der Waals surface area contributed by atoms with E-state index in [1.165, 1.54) is 6.07 Å². The van der Waals surface area contributed by atoms with E-state index in [9.17, 15) is 4.39 Å². The summed E-state index contributed by atoms with van der Waals surface area (Å²) in [5.41, 5.74) is 1.98. The van der Waals surface area contributed by atoms with Crippen LogP contribution in [0.15, 0.2) is 48.5 Å². The van der Waals surface area contributed by atoms with Crippen molar-refractivity contribution < 1.29 is 4.39 Å². The Hall–Kier alpha value is -2.96. The lowest BCUT2D eigenvalue weighted by molar-refractivity contribution is 0.629. The number of benzene rings is 2. The van der Waals surface area contributed by atoms with Crippen LogP contribution in [-0.4, -0.2) is 26.2 Å². The highest BCUT2D eigenvalue weighted by atomic mass is 19.1. The highest BCUT2D eigenvalue weighted by molar-refractivity contribution is 5.69. The first-order chi connectivity index (χ1) is 11.6. The molecule has 0 spiro atoms. The van der Waals surface area contributed by atoms with Crippen LogP contribution >= 0.6 is 0 Å². The average Bonchev–Trinajstić information content (AvgIpc) is 3.03. The topological polar surface area (TPSA) is 67.7 Å². The molecule has 6 nitrogen and oxygen atoms in total. The molecule has 1 aromatic heterocycles. The Morgan fingerprint density at radius 3 is 2.62 bits per heavy atom. The predicted octanol–water partition coefficient (Wildman–Crippen LogP) is 3.23. The van der Waals surface area contributed by atoms with Crippen LogP contribution in [-0.2, 0) is 6.54 Å². The van der Waals surface area contributed by atoms with E-state index >= 15 is 0 Å². The average molecular weight is 326 g/mol. The van der Waals surface area contributed by atoms with Crippen LogP contribution in [0.5, 0.6) is 0 Å². The number of rotatable bonds is 6. The Labute approximate surface area is 139 Å². The molecule has 24 heavy (non-hydrogen) atoms. The summed E-state index contributed by atoms with van der Waals surface area (Å²) in [6, 6.07) is 14.7. The molecule has 3 aromatic rings. The molecule has 124 valence electrons. The summed E-state index contributed by atoms with van der Waals surface area (Å²) in [4.78, 5) is 0. The van der Waals surface area contributed by atoms with E-state index in [1.807, 2.05) is 50.2 Å². The first-order valence-corrected chi connectivity index (χ1v) is 7.76. The molecule has 0 amide bonds. The van der Waals surface area contributed by atoms with Gasteiger partial charge in [-0.15, -0.1) is 5.10 Å². The van der Waals surface area contributed by atoms with E-state index in [1.54, 1.807) is 10.7 Å². The highest BCUT2D eigenvalue weighted by Crippen LogP contribution is 2.26. The third-order valence-electron chi connectivity index (χ3n) is 3.42. The second-order valence-electron chi connectivity index (χ2n) is 5.66. The Morgan fingerprint density at radius 2 is 1.88 bits per heavy atom. The normalized spacial score (nSPS) is 10.8. The summed E-state index contributed by atoms with van der Waals surface area (Å²) >= 11 is 0. The van der Waals surface area contributed by atoms with E-state index in [0.29, 0.717) is 23.7 Å². The maximum atomic E-state index is 14.2. The van der Waals surface area contributed by atoms with Crippen molar-refractivity contribution in [3.8, 4) is 5.69 Å². The van der Waals surface area contributed by atoms with Gasteiger partial charge in [0.15, 0.2) is 5.82 Å². The van der Waals surface area contributed by atoms with Crippen molar-refractivity contribution in [3.05, 3.63) is 60.2 Å². The molecule has 0 saturated heterocycles. The number of nitrogens with one attached hydrogen (secondary N) is 2. The van der Waals surface area contributed by atoms with Crippen LogP contribution in [0.2, 0.25) is 0 Å². The zero-order valence-corrected chi connectivity index (χ0v) is 13.6. The third kappa shape index (κ3) is 3.51. The number of para-hydroxylation sites is 2. The van der Waals surface area contributed by atoms with Crippen LogP contribution in [0.4, 0.5) is 15.8 Å². The van der Waals surface area contributed by atoms with Crippen molar-refractivity contribution >= 4 is 11.4 Å². The van der Waals surface area contributed by atoms with E-state index in [-0.39, 0.29) is 11.9 Å². The number of hydrogen-bond donors (Lipinski definition) is 2. The smallest absolute Gasteiger partial charge is 0.175 e. The van der Waals surface area contributed by atoms with Crippen molar-refractivity contribution in [2.24, 2.45) is 0 Å². The molecule has 2 aromatic carbocycles. The lowest BCUT2D eigenvalue weighted by Crippen LogP contribution is -2.14. The van der Waals surface area contributed by atoms with Gasteiger partial charge in [0.1, 0.15) is 5.82 Å². The largest absolute Gasteiger partial charge is 0.381 e. The molecule has 1 heterocycles. The van der Waals surface area contributed by atoms with Gasteiger partial charge in [0, 0.05) is 6.04 Å². The molecule has 0 radical (unpaired) electrons. The second kappa shape index (κ2) is 7.08. The van der Waals surface area contributed by atoms with Crippen LogP contribution < -0.4 is 10.6 Å². The number of hydrogen-bond acceptors (Lipinski definition) is 5. The van der Waals surface area contributed by atoms with Crippen LogP contribution in [0.1, 0.15) is 19.7 Å². The van der Waals surface area contributed by atoms with Gasteiger partial charge >= 0.3 is 0 Å². The van der Waals surface area contributed by atoms with E-state index < -0.39 is 0 Å². The molecule has 0 bridgehead atoms. The fraction of sp³-hybridized carbons (Fsp3) is 0.235. The SMILES string of the molecule is CC(C)Nc1cccc(F)c1NCc1nnnn1-c1ccccc1. The van der Waals surface area contributed by atoms with Gasteiger partial charge in [-0.2, -0.15) is 4.68 Å². The van der Waals surface area contributed by atoms with Crippen molar-refractivity contribution in [2.45, 2.75) is 26.4 Å². The van der Waals surface area contributed by atoms with Gasteiger partial charge in [-0.1, -0.05) is 24.3 Å². The van der Waals surface area contributed by atoms with Gasteiger partial charge in [-0.3, -0.25) is 0 Å². The number of anilines is 2. The fourth-order valence-electron chi connectivity index (χ4n) is 2.39. The summed E-state index contributed by atoms with van der Waals surface area (Å²) in [6.45, 7) is 4.31. The zero-order chi connectivity index (χ0) is 16.9. The van der Waals surface area contributed by atoms with E-state index in [2.05, 4.69) is 26.2 Å². The molecule has 0 aliphatic heterocycles. The molecule has 0 unspecified atom stereocenters. The summed E-state index contributed by atoms with van der Waals surface area (Å²) in [7, 11) is 0. The van der Waals surface area contributed by atoms with Crippen molar-refractivity contribution in [3.63, 3.8) is 0 Å². The Balaban J connectivity index is 1.82. The molecule has 3 rings (SSSR count). The number of tetrazole rings is 1. The number of nitrogens with zero attached hydrogens (tertiary/aromatic N) is 4. The van der Waals surface area contributed by atoms with Crippen LogP contribution in [0, 0.1) is 5.82 Å². The highest BCUT2D eigenvalue weighted by Gasteiger charge is 2.12. The summed E-state index contributed by atoms with van der Waals surface area (Å²) < 4.78 is 15.8. The number of aromatic nitrogens is 4. The molecule has 0 aliphatic carbocycles. The van der Waals surface area contributed by atoms with E-state index in [4.69, 9.17) is 0 Å². The quantitative estimate of drug-likeness (QED) is 0.728. The lowest BCUT2D eigenvalue weighted by Gasteiger charge is -2.16. The molecule has 7 heteroatoms. The Morgan fingerprint density at radius 1 is 1.08 bits per heavy atom. The summed E-state index contributed by atoms with van der Waals surface area (Å²) in [5.74, 6) is 0.277. The minimum absolute atomic E-state index is 0.196. The third-order valence-corrected chi connectivity index (χ3v) is 3.42. The minimum atomic E-state index is -0.320. The monoisotopic (exact) mass is 326 g/mol. The first kappa shape index (κ1) is 15.9. The standard InChI is InChI=1S/C17H19FN6/c1-12(2)20-15-10-6-9-14(18)17(15)19-11-16-21-22-23-24(16)13-7-4-3-5-8-13/h3-10,12,19-20H,11H2,1-2H3. The van der Waals surface area contributed by atoms with Crippen LogP contribution in [0.3, 0.4) is 0 Å². The first-order valence-electron chi connectivity index (χ1n) is 7.76. The van der Waals surface area contributed by atoms with Gasteiger partial charge in [-0.25, -0.2) is 4.39 Å². The molecule has 0 aliphatic rings. The van der Waals surface area contributed by atoms with Gasteiger partial charge < -0.3 is 10.6 Å². The van der Waals surface area contributed by atoms with Crippen molar-refractivity contribution in [1.29, 1.82) is 0 Å². The maximum absolute atomic E-state index is 14.2. The molecular formula is C17H19FN6. The summed E-state index contributed by atoms with van der Waals surface area (Å²) in [6.07, 6.45) is 0. The zero-order valence-electron chi connectivity index (χ0n) is 13.6. The fourth-order valence-corrected chi connectivity index (χ4v) is 2.39. The molecule has 0 atom stereocenters. The molecule has 2 N–H and O–H groups in total. The maximum Gasteiger partial charge on any atom is 0.175 e. The van der Waals surface area contributed by atoms with Crippen LogP contribution in [0.25, 0.3) is 5.69 Å². The summed E-state index contributed by atoms with van der Waals surface area (Å²) in [5, 5.41) is 18.1. The van der Waals surface area contributed by atoms with Gasteiger partial charge in [0.25, 0.3) is 0 Å². The second-order valence-corrected chi connectivity index (χ2v) is 5.66. The lowest BCUT2D eigenvalue weighted by atomic mass is 10.2. The van der Waals surface area contributed by atoms with Gasteiger partial charge in [0.05, 0.1) is 23.6 Å². The van der Waals surface area contributed by atoms with E-state index in [0.717, 1.165) is 5.69 Å². The predicted molar refractivity (Wildman–Crippen MR) is 91.6 cm³/mol. The van der Waals surface area contributed by atoms with Gasteiger partial charge in [-0.05, 0) is 48.5 Å². The number of halogens is 1. The van der Waals surface area contributed by atoms with Crippen molar-refractivity contribution in [2.75, 3.05) is 10.6 Å². The molecule has 0 saturated carbocycles. The minimum Gasteiger partial charge on any atom is -0.381 e. The Bertz CT molecular complexity index is 800. The Kier molecular flexibility index (Phi) is 4.69. The van der Waals surface area contributed by atoms with Crippen molar-refractivity contribution in [1.82, 2.24) is 20.2 Å². The van der Waals surface area contributed by atoms with Gasteiger partial charge in [0.2, 0.25) is 0 Å².